The fourth-order valence-corrected chi connectivity index (χ4v) is 0.789. The van der Waals surface area contributed by atoms with E-state index in [0.29, 0.717) is 0 Å². The van der Waals surface area contributed by atoms with Crippen molar-refractivity contribution in [1.82, 2.24) is 0 Å². The summed E-state index contributed by atoms with van der Waals surface area (Å²) in [4.78, 5) is 0. The van der Waals surface area contributed by atoms with Crippen molar-refractivity contribution in [3.05, 3.63) is 24.3 Å². The summed E-state index contributed by atoms with van der Waals surface area (Å²) in [7, 11) is 0. The summed E-state index contributed by atoms with van der Waals surface area (Å²) in [5.74, 6) is 0. The van der Waals surface area contributed by atoms with E-state index in [1.807, 2.05) is 0 Å². The van der Waals surface area contributed by atoms with Crippen molar-refractivity contribution < 1.29 is 0 Å². The van der Waals surface area contributed by atoms with Crippen molar-refractivity contribution in [1.29, 1.82) is 0 Å². The molecular formula is C8H11. The third-order valence-corrected chi connectivity index (χ3v) is 1.26. The topological polar surface area (TPSA) is 0 Å². The highest BCUT2D eigenvalue weighted by Crippen LogP contribution is 2.02. The average molecular weight is 107 g/mol. The highest BCUT2D eigenvalue weighted by Gasteiger charge is 1.83. The SMILES string of the molecule is [C]1=CCC=CCCC1. The van der Waals surface area contributed by atoms with Gasteiger partial charge in [-0.15, -0.1) is 0 Å². The molecule has 0 amide bonds. The van der Waals surface area contributed by atoms with Gasteiger partial charge in [0.1, 0.15) is 0 Å². The minimum atomic E-state index is 1.08. The summed E-state index contributed by atoms with van der Waals surface area (Å²) >= 11 is 0. The van der Waals surface area contributed by atoms with Crippen LogP contribution in [-0.2, 0) is 0 Å². The third kappa shape index (κ3) is 1.97. The molecule has 0 aromatic heterocycles. The Morgan fingerprint density at radius 2 is 2.25 bits per heavy atom. The fraction of sp³-hybridized carbons (Fsp3) is 0.500. The molecule has 0 atom stereocenters. The lowest BCUT2D eigenvalue weighted by Crippen LogP contribution is -1.73. The third-order valence-electron chi connectivity index (χ3n) is 1.26. The normalized spacial score (nSPS) is 20.0. The molecule has 0 heteroatoms. The van der Waals surface area contributed by atoms with Crippen LogP contribution in [-0.4, -0.2) is 0 Å². The minimum Gasteiger partial charge on any atom is -0.0882 e. The standard InChI is InChI=1S/C8H11/c1-2-4-6-8-7-5-3-1/h1-2,5H,3-4,6,8H2. The van der Waals surface area contributed by atoms with Crippen LogP contribution in [0.4, 0.5) is 0 Å². The zero-order valence-corrected chi connectivity index (χ0v) is 5.06. The second-order valence-corrected chi connectivity index (χ2v) is 2.01. The maximum absolute atomic E-state index is 3.21. The van der Waals surface area contributed by atoms with Crippen LogP contribution in [0.5, 0.6) is 0 Å². The Morgan fingerprint density at radius 1 is 1.25 bits per heavy atom. The molecule has 0 N–H and O–H groups in total. The van der Waals surface area contributed by atoms with Gasteiger partial charge < -0.3 is 0 Å². The van der Waals surface area contributed by atoms with Gasteiger partial charge in [0.25, 0.3) is 0 Å². The summed E-state index contributed by atoms with van der Waals surface area (Å²) in [6, 6.07) is 0. The van der Waals surface area contributed by atoms with Crippen LogP contribution in [0, 0.1) is 6.08 Å². The number of rotatable bonds is 0. The molecule has 1 radical (unpaired) electrons. The van der Waals surface area contributed by atoms with E-state index >= 15 is 0 Å². The highest BCUT2D eigenvalue weighted by molar-refractivity contribution is 4.92. The molecule has 1 rings (SSSR count). The van der Waals surface area contributed by atoms with Gasteiger partial charge in [-0.25, -0.2) is 0 Å². The minimum absolute atomic E-state index is 1.08. The molecule has 1 aliphatic rings. The molecule has 0 fully saturated rings. The van der Waals surface area contributed by atoms with Gasteiger partial charge >= 0.3 is 0 Å². The quantitative estimate of drug-likeness (QED) is 0.417. The number of hydrogen-bond acceptors (Lipinski definition) is 0. The lowest BCUT2D eigenvalue weighted by Gasteiger charge is -1.92. The predicted octanol–water partition coefficient (Wildman–Crippen LogP) is 2.48. The van der Waals surface area contributed by atoms with E-state index in [1.54, 1.807) is 0 Å². The zero-order chi connectivity index (χ0) is 5.66. The van der Waals surface area contributed by atoms with Crippen LogP contribution in [0.2, 0.25) is 0 Å². The molecule has 0 aliphatic heterocycles. The van der Waals surface area contributed by atoms with Gasteiger partial charge in [0.2, 0.25) is 0 Å². The van der Waals surface area contributed by atoms with Crippen molar-refractivity contribution in [3.8, 4) is 0 Å². The summed E-state index contributed by atoms with van der Waals surface area (Å²) < 4.78 is 0. The first-order valence-corrected chi connectivity index (χ1v) is 3.20. The Hall–Kier alpha value is -0.520. The van der Waals surface area contributed by atoms with Crippen LogP contribution in [0.15, 0.2) is 18.2 Å². The van der Waals surface area contributed by atoms with Gasteiger partial charge in [-0.3, -0.25) is 0 Å². The van der Waals surface area contributed by atoms with Crippen LogP contribution in [0.25, 0.3) is 0 Å². The first-order valence-electron chi connectivity index (χ1n) is 3.20. The first kappa shape index (κ1) is 5.61. The van der Waals surface area contributed by atoms with E-state index in [0.717, 1.165) is 12.8 Å². The maximum Gasteiger partial charge on any atom is -0.0163 e. The molecule has 1 aliphatic carbocycles. The Labute approximate surface area is 50.9 Å². The Kier molecular flexibility index (Phi) is 2.44. The van der Waals surface area contributed by atoms with E-state index in [2.05, 4.69) is 24.3 Å². The van der Waals surface area contributed by atoms with Gasteiger partial charge in [0.05, 0.1) is 0 Å². The van der Waals surface area contributed by atoms with Gasteiger partial charge in [-0.05, 0) is 31.8 Å². The summed E-state index contributed by atoms with van der Waals surface area (Å²) in [6.07, 6.45) is 14.5. The lowest BCUT2D eigenvalue weighted by molar-refractivity contribution is 0.842. The van der Waals surface area contributed by atoms with Crippen LogP contribution >= 0.6 is 0 Å². The molecule has 0 unspecified atom stereocenters. The summed E-state index contributed by atoms with van der Waals surface area (Å²) in [6.45, 7) is 0. The number of allylic oxidation sites excluding steroid dienone is 4. The monoisotopic (exact) mass is 107 g/mol. The van der Waals surface area contributed by atoms with Crippen LogP contribution in [0.1, 0.15) is 25.7 Å². The Balaban J connectivity index is 2.31. The molecule has 0 aromatic rings. The van der Waals surface area contributed by atoms with E-state index in [4.69, 9.17) is 0 Å². The number of hydrogen-bond donors (Lipinski definition) is 0. The molecule has 0 heterocycles. The zero-order valence-electron chi connectivity index (χ0n) is 5.06. The van der Waals surface area contributed by atoms with E-state index in [1.165, 1.54) is 12.8 Å². The Bertz CT molecular complexity index is 86.6. The van der Waals surface area contributed by atoms with Gasteiger partial charge in [-0.2, -0.15) is 0 Å². The molecule has 43 valence electrons. The molecule has 0 spiro atoms. The average Bonchev–Trinajstić information content (AvgIpc) is 1.62. The van der Waals surface area contributed by atoms with Crippen molar-refractivity contribution >= 4 is 0 Å². The molecule has 8 heavy (non-hydrogen) atoms. The van der Waals surface area contributed by atoms with E-state index in [9.17, 15) is 0 Å². The van der Waals surface area contributed by atoms with Gasteiger partial charge in [-0.1, -0.05) is 18.2 Å². The van der Waals surface area contributed by atoms with Crippen LogP contribution < -0.4 is 0 Å². The van der Waals surface area contributed by atoms with Crippen molar-refractivity contribution in [2.75, 3.05) is 0 Å². The molecule has 0 nitrogen and oxygen atoms in total. The molecule has 0 saturated carbocycles. The summed E-state index contributed by atoms with van der Waals surface area (Å²) in [5, 5.41) is 0. The Morgan fingerprint density at radius 3 is 3.25 bits per heavy atom. The van der Waals surface area contributed by atoms with E-state index < -0.39 is 0 Å². The van der Waals surface area contributed by atoms with E-state index in [-0.39, 0.29) is 0 Å². The fourth-order valence-electron chi connectivity index (χ4n) is 0.789. The van der Waals surface area contributed by atoms with Crippen molar-refractivity contribution in [2.45, 2.75) is 25.7 Å². The second-order valence-electron chi connectivity index (χ2n) is 2.01. The molecule has 0 saturated heterocycles. The lowest BCUT2D eigenvalue weighted by atomic mass is 10.1. The van der Waals surface area contributed by atoms with Gasteiger partial charge in [0.15, 0.2) is 0 Å². The highest BCUT2D eigenvalue weighted by atomic mass is 13.9. The second kappa shape index (κ2) is 3.48. The molecular weight excluding hydrogens is 96.1 g/mol. The van der Waals surface area contributed by atoms with Crippen molar-refractivity contribution in [2.24, 2.45) is 0 Å². The van der Waals surface area contributed by atoms with Gasteiger partial charge in [0, 0.05) is 0 Å². The molecule has 0 bridgehead atoms. The molecule has 0 aromatic carbocycles. The van der Waals surface area contributed by atoms with Crippen molar-refractivity contribution in [3.63, 3.8) is 0 Å². The summed E-state index contributed by atoms with van der Waals surface area (Å²) in [5.41, 5.74) is 0. The largest absolute Gasteiger partial charge is 0.0882 e. The van der Waals surface area contributed by atoms with Crippen LogP contribution in [0.3, 0.4) is 0 Å². The first-order chi connectivity index (χ1) is 4.00. The maximum atomic E-state index is 3.21. The smallest absolute Gasteiger partial charge is 0.0163 e. The predicted molar refractivity (Wildman–Crippen MR) is 35.4 cm³/mol.